The minimum atomic E-state index is -3.64. The van der Waals surface area contributed by atoms with Crippen molar-refractivity contribution in [3.05, 3.63) is 101 Å². The summed E-state index contributed by atoms with van der Waals surface area (Å²) in [5, 5.41) is 3.41. The van der Waals surface area contributed by atoms with Crippen molar-refractivity contribution in [1.29, 1.82) is 0 Å². The van der Waals surface area contributed by atoms with E-state index >= 15 is 0 Å². The van der Waals surface area contributed by atoms with Crippen LogP contribution in [0.25, 0.3) is 0 Å². The molecule has 2 amide bonds. The standard InChI is InChI=1S/C31H37ClFN3O4S/c1-4-23(2)34-31(38)29(20-24-10-6-5-7-11-24)35(22-25-15-17-27(33)18-16-25)30(37)14-9-19-36(41(3,39)40)28-13-8-12-26(32)21-28/h5-8,10-13,15-18,21,23,29H,4,9,14,19-20,22H2,1-3H3,(H,34,38)/t23-,29-/m1/s1. The molecule has 0 spiro atoms. The Hall–Kier alpha value is -3.43. The van der Waals surface area contributed by atoms with Gasteiger partial charge in [0.05, 0.1) is 11.9 Å². The number of halogens is 2. The number of hydrogen-bond donors (Lipinski definition) is 1. The third-order valence-electron chi connectivity index (χ3n) is 6.79. The Balaban J connectivity index is 1.89. The first-order chi connectivity index (χ1) is 19.5. The van der Waals surface area contributed by atoms with Crippen LogP contribution in [0.2, 0.25) is 5.02 Å². The van der Waals surface area contributed by atoms with E-state index in [1.807, 2.05) is 44.2 Å². The van der Waals surface area contributed by atoms with Gasteiger partial charge in [0.15, 0.2) is 0 Å². The fraction of sp³-hybridized carbons (Fsp3) is 0.355. The van der Waals surface area contributed by atoms with Gasteiger partial charge in [-0.1, -0.05) is 67.1 Å². The molecule has 0 unspecified atom stereocenters. The highest BCUT2D eigenvalue weighted by Gasteiger charge is 2.31. The highest BCUT2D eigenvalue weighted by Crippen LogP contribution is 2.23. The summed E-state index contributed by atoms with van der Waals surface area (Å²) in [7, 11) is -3.64. The second-order valence-corrected chi connectivity index (χ2v) is 12.4. The molecule has 0 heterocycles. The molecule has 0 fully saturated rings. The fourth-order valence-electron chi connectivity index (χ4n) is 4.42. The lowest BCUT2D eigenvalue weighted by molar-refractivity contribution is -0.141. The van der Waals surface area contributed by atoms with Gasteiger partial charge in [-0.3, -0.25) is 13.9 Å². The number of anilines is 1. The van der Waals surface area contributed by atoms with Crippen LogP contribution in [-0.2, 0) is 32.6 Å². The lowest BCUT2D eigenvalue weighted by Gasteiger charge is -2.32. The predicted octanol–water partition coefficient (Wildman–Crippen LogP) is 5.58. The smallest absolute Gasteiger partial charge is 0.243 e. The third-order valence-corrected chi connectivity index (χ3v) is 8.22. The molecule has 0 aliphatic heterocycles. The average Bonchev–Trinajstić information content (AvgIpc) is 2.93. The molecule has 10 heteroatoms. The van der Waals surface area contributed by atoms with Gasteiger partial charge in [-0.15, -0.1) is 0 Å². The van der Waals surface area contributed by atoms with E-state index in [9.17, 15) is 22.4 Å². The highest BCUT2D eigenvalue weighted by atomic mass is 35.5. The van der Waals surface area contributed by atoms with Gasteiger partial charge in [-0.25, -0.2) is 12.8 Å². The number of benzene rings is 3. The molecule has 3 aromatic rings. The van der Waals surface area contributed by atoms with Gasteiger partial charge in [-0.2, -0.15) is 0 Å². The SMILES string of the molecule is CC[C@@H](C)NC(=O)[C@@H](Cc1ccccc1)N(Cc1ccc(F)cc1)C(=O)CCCN(c1cccc(Cl)c1)S(C)(=O)=O. The Labute approximate surface area is 247 Å². The van der Waals surface area contributed by atoms with E-state index in [1.165, 1.54) is 21.3 Å². The van der Waals surface area contributed by atoms with Crippen molar-refractivity contribution in [2.75, 3.05) is 17.1 Å². The largest absolute Gasteiger partial charge is 0.352 e. The molecule has 3 rings (SSSR count). The zero-order valence-corrected chi connectivity index (χ0v) is 25.2. The van der Waals surface area contributed by atoms with Crippen LogP contribution in [0.3, 0.4) is 0 Å². The minimum absolute atomic E-state index is 0.00428. The second-order valence-electron chi connectivity index (χ2n) is 10.1. The molecule has 0 bridgehead atoms. The van der Waals surface area contributed by atoms with E-state index in [0.717, 1.165) is 18.2 Å². The van der Waals surface area contributed by atoms with Crippen molar-refractivity contribution in [2.24, 2.45) is 0 Å². The monoisotopic (exact) mass is 601 g/mol. The molecule has 0 radical (unpaired) electrons. The van der Waals surface area contributed by atoms with E-state index < -0.39 is 21.9 Å². The van der Waals surface area contributed by atoms with Crippen LogP contribution in [0.4, 0.5) is 10.1 Å². The number of nitrogens with zero attached hydrogens (tertiary/aromatic N) is 2. The first-order valence-electron chi connectivity index (χ1n) is 13.6. The summed E-state index contributed by atoms with van der Waals surface area (Å²) in [5.74, 6) is -0.992. The van der Waals surface area contributed by atoms with E-state index in [0.29, 0.717) is 16.3 Å². The number of sulfonamides is 1. The molecule has 0 aromatic heterocycles. The Bertz CT molecular complexity index is 1400. The van der Waals surface area contributed by atoms with E-state index in [-0.39, 0.29) is 50.2 Å². The van der Waals surface area contributed by atoms with Crippen molar-refractivity contribution in [3.8, 4) is 0 Å². The molecule has 41 heavy (non-hydrogen) atoms. The maximum atomic E-state index is 13.8. The Morgan fingerprint density at radius 3 is 2.27 bits per heavy atom. The molecule has 1 N–H and O–H groups in total. The van der Waals surface area contributed by atoms with Gasteiger partial charge in [0, 0.05) is 37.0 Å². The van der Waals surface area contributed by atoms with Crippen LogP contribution in [0.1, 0.15) is 44.2 Å². The molecular weight excluding hydrogens is 565 g/mol. The molecule has 7 nitrogen and oxygen atoms in total. The molecular formula is C31H37ClFN3O4S. The van der Waals surface area contributed by atoms with Crippen molar-refractivity contribution in [1.82, 2.24) is 10.2 Å². The van der Waals surface area contributed by atoms with Crippen LogP contribution in [-0.4, -0.2) is 50.0 Å². The molecule has 0 saturated carbocycles. The Kier molecular flexibility index (Phi) is 11.7. The summed E-state index contributed by atoms with van der Waals surface area (Å²) in [6.45, 7) is 4.01. The van der Waals surface area contributed by atoms with Gasteiger partial charge in [-0.05, 0) is 61.2 Å². The number of carbonyl (C=O) groups excluding carboxylic acids is 2. The lowest BCUT2D eigenvalue weighted by atomic mass is 10.0. The number of rotatable bonds is 14. The zero-order valence-electron chi connectivity index (χ0n) is 23.6. The van der Waals surface area contributed by atoms with Gasteiger partial charge in [0.25, 0.3) is 0 Å². The number of nitrogens with one attached hydrogen (secondary N) is 1. The lowest BCUT2D eigenvalue weighted by Crippen LogP contribution is -2.52. The van der Waals surface area contributed by atoms with Crippen molar-refractivity contribution in [2.45, 2.75) is 58.2 Å². The Morgan fingerprint density at radius 2 is 1.66 bits per heavy atom. The summed E-state index contributed by atoms with van der Waals surface area (Å²) >= 11 is 6.09. The quantitative estimate of drug-likeness (QED) is 0.261. The maximum absolute atomic E-state index is 13.8. The summed E-state index contributed by atoms with van der Waals surface area (Å²) in [5.41, 5.74) is 1.97. The van der Waals surface area contributed by atoms with Gasteiger partial charge < -0.3 is 10.2 Å². The van der Waals surface area contributed by atoms with Gasteiger partial charge in [0.1, 0.15) is 11.9 Å². The minimum Gasteiger partial charge on any atom is -0.352 e. The predicted molar refractivity (Wildman–Crippen MR) is 162 cm³/mol. The Morgan fingerprint density at radius 1 is 0.976 bits per heavy atom. The molecule has 2 atom stereocenters. The third kappa shape index (κ3) is 9.86. The fourth-order valence-corrected chi connectivity index (χ4v) is 5.56. The second kappa shape index (κ2) is 15.0. The molecule has 0 saturated heterocycles. The first-order valence-corrected chi connectivity index (χ1v) is 15.8. The summed E-state index contributed by atoms with van der Waals surface area (Å²) in [4.78, 5) is 28.9. The summed E-state index contributed by atoms with van der Waals surface area (Å²) in [6, 6.07) is 20.8. The molecule has 0 aliphatic carbocycles. The number of amides is 2. The van der Waals surface area contributed by atoms with Crippen LogP contribution < -0.4 is 9.62 Å². The molecule has 3 aromatic carbocycles. The summed E-state index contributed by atoms with van der Waals surface area (Å²) in [6.07, 6.45) is 2.32. The van der Waals surface area contributed by atoms with Crippen molar-refractivity contribution < 1.29 is 22.4 Å². The van der Waals surface area contributed by atoms with Crippen LogP contribution >= 0.6 is 11.6 Å². The summed E-state index contributed by atoms with van der Waals surface area (Å²) < 4.78 is 40.0. The number of carbonyl (C=O) groups is 2. The van der Waals surface area contributed by atoms with Crippen LogP contribution in [0.15, 0.2) is 78.9 Å². The highest BCUT2D eigenvalue weighted by molar-refractivity contribution is 7.92. The van der Waals surface area contributed by atoms with Gasteiger partial charge in [0.2, 0.25) is 21.8 Å². The van der Waals surface area contributed by atoms with Gasteiger partial charge >= 0.3 is 0 Å². The van der Waals surface area contributed by atoms with E-state index in [4.69, 9.17) is 11.6 Å². The zero-order chi connectivity index (χ0) is 30.0. The van der Waals surface area contributed by atoms with Crippen molar-refractivity contribution >= 4 is 39.1 Å². The normalized spacial score (nSPS) is 12.8. The maximum Gasteiger partial charge on any atom is 0.243 e. The first kappa shape index (κ1) is 32.1. The van der Waals surface area contributed by atoms with Crippen LogP contribution in [0, 0.1) is 5.82 Å². The molecule has 0 aliphatic rings. The average molecular weight is 602 g/mol. The van der Waals surface area contributed by atoms with Crippen molar-refractivity contribution in [3.63, 3.8) is 0 Å². The van der Waals surface area contributed by atoms with E-state index in [2.05, 4.69) is 5.32 Å². The van der Waals surface area contributed by atoms with Crippen LogP contribution in [0.5, 0.6) is 0 Å². The topological polar surface area (TPSA) is 86.8 Å². The molecule has 220 valence electrons. The number of hydrogen-bond acceptors (Lipinski definition) is 4. The van der Waals surface area contributed by atoms with E-state index in [1.54, 1.807) is 36.4 Å².